The second kappa shape index (κ2) is 6.95. The fraction of sp³-hybridized carbons (Fsp3) is 0.562. The van der Waals surface area contributed by atoms with E-state index in [-0.39, 0.29) is 18.7 Å². The van der Waals surface area contributed by atoms with Crippen LogP contribution >= 0.6 is 0 Å². The van der Waals surface area contributed by atoms with Gasteiger partial charge in [-0.3, -0.25) is 0 Å². The Kier molecular flexibility index (Phi) is 4.76. The molecule has 0 spiro atoms. The predicted octanol–water partition coefficient (Wildman–Crippen LogP) is 1.42. The maximum Gasteiger partial charge on any atom is 0.317 e. The van der Waals surface area contributed by atoms with Crippen molar-refractivity contribution in [2.24, 2.45) is 5.92 Å². The van der Waals surface area contributed by atoms with Crippen LogP contribution in [0.1, 0.15) is 31.4 Å². The second-order valence-corrected chi connectivity index (χ2v) is 6.16. The van der Waals surface area contributed by atoms with Crippen molar-refractivity contribution in [3.63, 3.8) is 0 Å². The zero-order valence-electron chi connectivity index (χ0n) is 13.4. The van der Waals surface area contributed by atoms with Crippen LogP contribution in [0.4, 0.5) is 4.79 Å². The van der Waals surface area contributed by atoms with Gasteiger partial charge < -0.3 is 15.3 Å². The number of amides is 2. The zero-order valence-corrected chi connectivity index (χ0v) is 13.4. The molecule has 0 atom stereocenters. The third-order valence-corrected chi connectivity index (χ3v) is 4.73. The van der Waals surface area contributed by atoms with Crippen molar-refractivity contribution in [1.29, 1.82) is 0 Å². The molecule has 0 bridgehead atoms. The molecule has 2 N–H and O–H groups in total. The molecule has 2 aromatic rings. The van der Waals surface area contributed by atoms with E-state index < -0.39 is 0 Å². The number of carbonyl (C=O) groups is 1. The Balaban J connectivity index is 1.56. The van der Waals surface area contributed by atoms with Crippen LogP contribution in [-0.4, -0.2) is 50.3 Å². The topological polar surface area (TPSA) is 82.8 Å². The Morgan fingerprint density at radius 1 is 1.35 bits per heavy atom. The number of nitrogens with zero attached hydrogens (tertiary/aromatic N) is 4. The maximum atomic E-state index is 12.4. The van der Waals surface area contributed by atoms with Gasteiger partial charge in [-0.25, -0.2) is 14.3 Å². The van der Waals surface area contributed by atoms with Crippen molar-refractivity contribution >= 4 is 11.7 Å². The molecule has 7 nitrogen and oxygen atoms in total. The number of aliphatic hydroxyl groups is 1. The molecular formula is C16H23N5O2. The minimum absolute atomic E-state index is 0.0745. The molecule has 0 aromatic carbocycles. The number of urea groups is 1. The average molecular weight is 317 g/mol. The first kappa shape index (κ1) is 15.7. The summed E-state index contributed by atoms with van der Waals surface area (Å²) >= 11 is 0. The maximum absolute atomic E-state index is 12.4. The molecule has 0 aliphatic heterocycles. The number of aliphatic hydroxyl groups excluding tert-OH is 1. The van der Waals surface area contributed by atoms with E-state index in [1.165, 1.54) is 0 Å². The van der Waals surface area contributed by atoms with Gasteiger partial charge in [-0.2, -0.15) is 5.10 Å². The first-order valence-electron chi connectivity index (χ1n) is 8.08. The Morgan fingerprint density at radius 3 is 2.87 bits per heavy atom. The summed E-state index contributed by atoms with van der Waals surface area (Å²) in [5.41, 5.74) is 1.66. The molecule has 1 saturated carbocycles. The van der Waals surface area contributed by atoms with E-state index in [4.69, 9.17) is 0 Å². The summed E-state index contributed by atoms with van der Waals surface area (Å²) in [7, 11) is 1.84. The molecular weight excluding hydrogens is 294 g/mol. The van der Waals surface area contributed by atoms with Crippen LogP contribution < -0.4 is 5.32 Å². The lowest BCUT2D eigenvalue weighted by Gasteiger charge is -2.34. The van der Waals surface area contributed by atoms with Gasteiger partial charge in [0.25, 0.3) is 0 Å². The van der Waals surface area contributed by atoms with E-state index >= 15 is 0 Å². The molecule has 124 valence electrons. The fourth-order valence-corrected chi connectivity index (χ4v) is 3.19. The molecule has 0 saturated heterocycles. The van der Waals surface area contributed by atoms with Gasteiger partial charge >= 0.3 is 6.03 Å². The van der Waals surface area contributed by atoms with Crippen LogP contribution in [0, 0.1) is 5.92 Å². The minimum atomic E-state index is -0.0745. The number of nitrogens with one attached hydrogen (secondary N) is 1. The van der Waals surface area contributed by atoms with Crippen LogP contribution in [0.3, 0.4) is 0 Å². The molecule has 2 aromatic heterocycles. The third-order valence-electron chi connectivity index (χ3n) is 4.73. The van der Waals surface area contributed by atoms with E-state index in [1.54, 1.807) is 21.8 Å². The molecule has 1 aliphatic carbocycles. The minimum Gasteiger partial charge on any atom is -0.396 e. The molecule has 23 heavy (non-hydrogen) atoms. The van der Waals surface area contributed by atoms with E-state index in [0.29, 0.717) is 12.5 Å². The molecule has 1 fully saturated rings. The van der Waals surface area contributed by atoms with Crippen molar-refractivity contribution < 1.29 is 9.90 Å². The SMILES string of the molecule is CN(C(=O)NCc1ccnc2ccnn12)C1CCC(CO)CC1. The molecule has 3 rings (SSSR count). The van der Waals surface area contributed by atoms with Gasteiger partial charge in [-0.1, -0.05) is 0 Å². The molecule has 1 aliphatic rings. The van der Waals surface area contributed by atoms with Crippen LogP contribution in [0.15, 0.2) is 24.5 Å². The Hall–Kier alpha value is -2.15. The summed E-state index contributed by atoms with van der Waals surface area (Å²) in [5, 5.41) is 16.4. The monoisotopic (exact) mass is 317 g/mol. The fourth-order valence-electron chi connectivity index (χ4n) is 3.19. The highest BCUT2D eigenvalue weighted by Crippen LogP contribution is 2.26. The molecule has 0 unspecified atom stereocenters. The number of carbonyl (C=O) groups excluding carboxylic acids is 1. The summed E-state index contributed by atoms with van der Waals surface area (Å²) in [4.78, 5) is 18.4. The van der Waals surface area contributed by atoms with Crippen LogP contribution in [0.25, 0.3) is 5.65 Å². The number of hydrogen-bond acceptors (Lipinski definition) is 4. The molecule has 2 amide bonds. The standard InChI is InChI=1S/C16H23N5O2/c1-20(13-4-2-12(11-22)3-5-13)16(23)18-10-14-6-8-17-15-7-9-19-21(14)15/h6-9,12-13,22H,2-5,10-11H2,1H3,(H,18,23). The largest absolute Gasteiger partial charge is 0.396 e. The van der Waals surface area contributed by atoms with Crippen LogP contribution in [0.2, 0.25) is 0 Å². The smallest absolute Gasteiger partial charge is 0.317 e. The number of fused-ring (bicyclic) bond motifs is 1. The summed E-state index contributed by atoms with van der Waals surface area (Å²) in [6, 6.07) is 3.86. The molecule has 2 heterocycles. The Labute approximate surface area is 135 Å². The predicted molar refractivity (Wildman–Crippen MR) is 85.8 cm³/mol. The molecule has 7 heteroatoms. The van der Waals surface area contributed by atoms with Crippen molar-refractivity contribution in [1.82, 2.24) is 24.8 Å². The number of aromatic nitrogens is 3. The van der Waals surface area contributed by atoms with Gasteiger partial charge in [0.15, 0.2) is 5.65 Å². The van der Waals surface area contributed by atoms with Crippen molar-refractivity contribution in [2.45, 2.75) is 38.3 Å². The van der Waals surface area contributed by atoms with Gasteiger partial charge in [-0.15, -0.1) is 0 Å². The second-order valence-electron chi connectivity index (χ2n) is 6.16. The lowest BCUT2D eigenvalue weighted by Crippen LogP contribution is -2.45. The van der Waals surface area contributed by atoms with Gasteiger partial charge in [0.05, 0.1) is 18.4 Å². The van der Waals surface area contributed by atoms with Gasteiger partial charge in [-0.05, 0) is 37.7 Å². The van der Waals surface area contributed by atoms with Crippen molar-refractivity contribution in [2.75, 3.05) is 13.7 Å². The van der Waals surface area contributed by atoms with Gasteiger partial charge in [0, 0.05) is 32.0 Å². The van der Waals surface area contributed by atoms with Crippen LogP contribution in [0.5, 0.6) is 0 Å². The third kappa shape index (κ3) is 3.44. The highest BCUT2D eigenvalue weighted by atomic mass is 16.3. The Morgan fingerprint density at radius 2 is 2.13 bits per heavy atom. The summed E-state index contributed by atoms with van der Waals surface area (Å²) in [6.45, 7) is 0.667. The number of rotatable bonds is 4. The average Bonchev–Trinajstić information content (AvgIpc) is 3.08. The van der Waals surface area contributed by atoms with Gasteiger partial charge in [0.1, 0.15) is 0 Å². The highest BCUT2D eigenvalue weighted by molar-refractivity contribution is 5.74. The van der Waals surface area contributed by atoms with E-state index in [9.17, 15) is 9.90 Å². The van der Waals surface area contributed by atoms with E-state index in [0.717, 1.165) is 37.0 Å². The first-order chi connectivity index (χ1) is 11.2. The summed E-state index contributed by atoms with van der Waals surface area (Å²) in [6.07, 6.45) is 7.29. The summed E-state index contributed by atoms with van der Waals surface area (Å²) in [5.74, 6) is 0.396. The van der Waals surface area contributed by atoms with Crippen molar-refractivity contribution in [3.05, 3.63) is 30.2 Å². The normalized spacial score (nSPS) is 21.3. The quantitative estimate of drug-likeness (QED) is 0.893. The lowest BCUT2D eigenvalue weighted by atomic mass is 9.86. The Bertz CT molecular complexity index is 663. The molecule has 0 radical (unpaired) electrons. The van der Waals surface area contributed by atoms with Crippen LogP contribution in [-0.2, 0) is 6.54 Å². The summed E-state index contributed by atoms with van der Waals surface area (Å²) < 4.78 is 1.73. The first-order valence-corrected chi connectivity index (χ1v) is 8.08. The van der Waals surface area contributed by atoms with Gasteiger partial charge in [0.2, 0.25) is 0 Å². The highest BCUT2D eigenvalue weighted by Gasteiger charge is 2.26. The van der Waals surface area contributed by atoms with E-state index in [1.807, 2.05) is 19.2 Å². The number of hydrogen-bond donors (Lipinski definition) is 2. The zero-order chi connectivity index (χ0) is 16.2. The van der Waals surface area contributed by atoms with Crippen molar-refractivity contribution in [3.8, 4) is 0 Å². The lowest BCUT2D eigenvalue weighted by molar-refractivity contribution is 0.134. The van der Waals surface area contributed by atoms with E-state index in [2.05, 4.69) is 15.4 Å².